The molecule has 0 aromatic heterocycles. The second-order valence-electron chi connectivity index (χ2n) is 5.35. The van der Waals surface area contributed by atoms with Crippen LogP contribution in [0.3, 0.4) is 0 Å². The highest BCUT2D eigenvalue weighted by Crippen LogP contribution is 2.28. The number of aromatic hydroxyl groups is 1. The first-order valence-corrected chi connectivity index (χ1v) is 7.32. The van der Waals surface area contributed by atoms with Gasteiger partial charge in [-0.15, -0.1) is 0 Å². The van der Waals surface area contributed by atoms with Crippen LogP contribution in [0.25, 0.3) is 0 Å². The molecule has 2 rings (SSSR count). The monoisotopic (exact) mass is 329 g/mol. The summed E-state index contributed by atoms with van der Waals surface area (Å²) in [4.78, 5) is 23.5. The molecular weight excluding hydrogens is 310 g/mol. The van der Waals surface area contributed by atoms with Gasteiger partial charge in [-0.25, -0.2) is 4.79 Å². The topological polar surface area (TPSA) is 84.9 Å². The highest BCUT2D eigenvalue weighted by molar-refractivity contribution is 5.98. The molecule has 2 N–H and O–H groups in total. The number of ether oxygens (including phenoxy) is 2. The number of esters is 1. The molecular formula is C18H19NO5. The lowest BCUT2D eigenvalue weighted by molar-refractivity contribution is -0.118. The molecule has 0 aliphatic rings. The number of carbonyl (C=O) groups excluding carboxylic acids is 2. The summed E-state index contributed by atoms with van der Waals surface area (Å²) in [6, 6.07) is 10.1. The van der Waals surface area contributed by atoms with Crippen LogP contribution in [0, 0.1) is 13.8 Å². The number of rotatable bonds is 5. The molecule has 0 spiro atoms. The van der Waals surface area contributed by atoms with E-state index in [-0.39, 0.29) is 23.6 Å². The number of phenolic OH excluding ortho intramolecular Hbond substituents is 1. The third-order valence-corrected chi connectivity index (χ3v) is 3.28. The van der Waals surface area contributed by atoms with Crippen LogP contribution >= 0.6 is 0 Å². The molecule has 24 heavy (non-hydrogen) atoms. The lowest BCUT2D eigenvalue weighted by Gasteiger charge is -2.11. The predicted molar refractivity (Wildman–Crippen MR) is 89.5 cm³/mol. The van der Waals surface area contributed by atoms with Crippen LogP contribution in [0.1, 0.15) is 21.5 Å². The van der Waals surface area contributed by atoms with Crippen LogP contribution in [0.5, 0.6) is 11.5 Å². The molecule has 0 heterocycles. The van der Waals surface area contributed by atoms with Crippen molar-refractivity contribution in [2.24, 2.45) is 0 Å². The Kier molecular flexibility index (Phi) is 5.42. The van der Waals surface area contributed by atoms with E-state index >= 15 is 0 Å². The highest BCUT2D eigenvalue weighted by Gasteiger charge is 2.16. The second-order valence-corrected chi connectivity index (χ2v) is 5.35. The molecule has 0 bridgehead atoms. The molecule has 0 fully saturated rings. The van der Waals surface area contributed by atoms with Crippen molar-refractivity contribution in [1.82, 2.24) is 0 Å². The lowest BCUT2D eigenvalue weighted by atomic mass is 10.1. The first-order valence-electron chi connectivity index (χ1n) is 7.32. The number of benzene rings is 2. The molecule has 2 aromatic rings. The number of carbonyl (C=O) groups is 2. The fourth-order valence-electron chi connectivity index (χ4n) is 2.27. The Labute approximate surface area is 140 Å². The van der Waals surface area contributed by atoms with Crippen LogP contribution in [0.4, 0.5) is 5.69 Å². The zero-order valence-electron chi connectivity index (χ0n) is 13.8. The number of anilines is 1. The molecule has 6 heteroatoms. The number of para-hydroxylation sites is 1. The number of methoxy groups -OCH3 is 1. The van der Waals surface area contributed by atoms with Crippen molar-refractivity contribution in [2.45, 2.75) is 13.8 Å². The summed E-state index contributed by atoms with van der Waals surface area (Å²) in [7, 11) is 1.21. The smallest absolute Gasteiger partial charge is 0.341 e. The van der Waals surface area contributed by atoms with Crippen LogP contribution < -0.4 is 10.1 Å². The van der Waals surface area contributed by atoms with E-state index in [9.17, 15) is 14.7 Å². The van der Waals surface area contributed by atoms with Gasteiger partial charge in [0.1, 0.15) is 11.3 Å². The quantitative estimate of drug-likeness (QED) is 0.651. The van der Waals surface area contributed by atoms with Gasteiger partial charge in [-0.3, -0.25) is 4.79 Å². The molecule has 0 saturated heterocycles. The van der Waals surface area contributed by atoms with Crippen LogP contribution in [-0.4, -0.2) is 30.7 Å². The normalized spacial score (nSPS) is 10.1. The summed E-state index contributed by atoms with van der Waals surface area (Å²) in [5, 5.41) is 12.5. The Balaban J connectivity index is 2.03. The van der Waals surface area contributed by atoms with Crippen LogP contribution in [0.2, 0.25) is 0 Å². The molecule has 0 aliphatic heterocycles. The largest absolute Gasteiger partial charge is 0.505 e. The maximum absolute atomic E-state index is 12.0. The minimum absolute atomic E-state index is 0.0227. The summed E-state index contributed by atoms with van der Waals surface area (Å²) in [5.74, 6) is -0.888. The number of amides is 1. The maximum atomic E-state index is 12.0. The predicted octanol–water partition coefficient (Wildman–Crippen LogP) is 2.81. The van der Waals surface area contributed by atoms with E-state index < -0.39 is 11.9 Å². The van der Waals surface area contributed by atoms with Crippen molar-refractivity contribution in [2.75, 3.05) is 19.0 Å². The molecule has 0 atom stereocenters. The molecule has 0 unspecified atom stereocenters. The van der Waals surface area contributed by atoms with Gasteiger partial charge in [0, 0.05) is 0 Å². The van der Waals surface area contributed by atoms with Gasteiger partial charge >= 0.3 is 5.97 Å². The average molecular weight is 329 g/mol. The van der Waals surface area contributed by atoms with Gasteiger partial charge in [0.2, 0.25) is 0 Å². The average Bonchev–Trinajstić information content (AvgIpc) is 2.53. The standard InChI is InChI=1S/C18H19NO5/c1-11-7-12(2)9-13(8-11)24-10-16(20)19-15-6-4-5-14(17(15)21)18(22)23-3/h4-9,21H,10H2,1-3H3,(H,19,20). The van der Waals surface area contributed by atoms with Gasteiger partial charge < -0.3 is 19.9 Å². The van der Waals surface area contributed by atoms with E-state index in [4.69, 9.17) is 4.74 Å². The summed E-state index contributed by atoms with van der Waals surface area (Å²) in [6.45, 7) is 3.66. The SMILES string of the molecule is COC(=O)c1cccc(NC(=O)COc2cc(C)cc(C)c2)c1O. The Morgan fingerprint density at radius 3 is 2.42 bits per heavy atom. The number of aryl methyl sites for hydroxylation is 2. The van der Waals surface area contributed by atoms with E-state index in [2.05, 4.69) is 10.1 Å². The summed E-state index contributed by atoms with van der Waals surface area (Å²) >= 11 is 0. The fourth-order valence-corrected chi connectivity index (χ4v) is 2.27. The van der Waals surface area contributed by atoms with Gasteiger partial charge in [-0.05, 0) is 49.2 Å². The second kappa shape index (κ2) is 7.50. The zero-order chi connectivity index (χ0) is 17.7. The van der Waals surface area contributed by atoms with E-state index in [0.717, 1.165) is 11.1 Å². The van der Waals surface area contributed by atoms with Gasteiger partial charge in [0.25, 0.3) is 5.91 Å². The molecule has 0 aliphatic carbocycles. The van der Waals surface area contributed by atoms with E-state index in [1.807, 2.05) is 32.0 Å². The minimum atomic E-state index is -0.685. The van der Waals surface area contributed by atoms with Gasteiger partial charge in [-0.1, -0.05) is 12.1 Å². The van der Waals surface area contributed by atoms with Crippen LogP contribution in [0.15, 0.2) is 36.4 Å². The number of phenols is 1. The third-order valence-electron chi connectivity index (χ3n) is 3.28. The van der Waals surface area contributed by atoms with Gasteiger partial charge in [-0.2, -0.15) is 0 Å². The van der Waals surface area contributed by atoms with Crippen molar-refractivity contribution >= 4 is 17.6 Å². The van der Waals surface area contributed by atoms with Gasteiger partial charge in [0.15, 0.2) is 12.4 Å². The number of nitrogens with one attached hydrogen (secondary N) is 1. The summed E-state index contributed by atoms with van der Waals surface area (Å²) < 4.78 is 10.0. The van der Waals surface area contributed by atoms with E-state index in [1.165, 1.54) is 25.3 Å². The summed E-state index contributed by atoms with van der Waals surface area (Å²) in [5.41, 5.74) is 2.17. The third kappa shape index (κ3) is 4.25. The molecule has 126 valence electrons. The van der Waals surface area contributed by atoms with E-state index in [1.54, 1.807) is 0 Å². The van der Waals surface area contributed by atoms with Crippen molar-refractivity contribution < 1.29 is 24.2 Å². The first kappa shape index (κ1) is 17.3. The molecule has 0 saturated carbocycles. The lowest BCUT2D eigenvalue weighted by Crippen LogP contribution is -2.20. The van der Waals surface area contributed by atoms with Gasteiger partial charge in [0.05, 0.1) is 12.8 Å². The Bertz CT molecular complexity index is 750. The van der Waals surface area contributed by atoms with Crippen molar-refractivity contribution in [3.63, 3.8) is 0 Å². The van der Waals surface area contributed by atoms with Crippen molar-refractivity contribution in [3.8, 4) is 11.5 Å². The Morgan fingerprint density at radius 2 is 1.79 bits per heavy atom. The molecule has 6 nitrogen and oxygen atoms in total. The minimum Gasteiger partial charge on any atom is -0.505 e. The highest BCUT2D eigenvalue weighted by atomic mass is 16.5. The zero-order valence-corrected chi connectivity index (χ0v) is 13.8. The fraction of sp³-hybridized carbons (Fsp3) is 0.222. The summed E-state index contributed by atoms with van der Waals surface area (Å²) in [6.07, 6.45) is 0. The van der Waals surface area contributed by atoms with Crippen LogP contribution in [-0.2, 0) is 9.53 Å². The Morgan fingerprint density at radius 1 is 1.12 bits per heavy atom. The van der Waals surface area contributed by atoms with E-state index in [0.29, 0.717) is 5.75 Å². The van der Waals surface area contributed by atoms with Crippen molar-refractivity contribution in [1.29, 1.82) is 0 Å². The molecule has 2 aromatic carbocycles. The Hall–Kier alpha value is -3.02. The number of hydrogen-bond donors (Lipinski definition) is 2. The van der Waals surface area contributed by atoms with Crippen molar-refractivity contribution in [3.05, 3.63) is 53.1 Å². The molecule has 1 amide bonds. The maximum Gasteiger partial charge on any atom is 0.341 e. The number of hydrogen-bond acceptors (Lipinski definition) is 5. The molecule has 0 radical (unpaired) electrons. The first-order chi connectivity index (χ1) is 11.4.